The fraction of sp³-hybridized carbons (Fsp3) is 0.733. The molecule has 0 spiro atoms. The molecule has 0 fully saturated rings. The molecule has 0 saturated heterocycles. The Morgan fingerprint density at radius 2 is 0.767 bits per heavy atom. The van der Waals surface area contributed by atoms with Crippen LogP contribution in [0.4, 0.5) is 0 Å². The molecule has 174 valence electrons. The van der Waals surface area contributed by atoms with Crippen molar-refractivity contribution in [3.63, 3.8) is 0 Å². The van der Waals surface area contributed by atoms with E-state index in [9.17, 15) is 0 Å². The highest BCUT2D eigenvalue weighted by atomic mass is 14.2. The lowest BCUT2D eigenvalue weighted by molar-refractivity contribution is 0.341. The van der Waals surface area contributed by atoms with E-state index >= 15 is 0 Å². The molecule has 0 aromatic carbocycles. The van der Waals surface area contributed by atoms with E-state index < -0.39 is 0 Å². The van der Waals surface area contributed by atoms with Crippen LogP contribution in [-0.2, 0) is 0 Å². The van der Waals surface area contributed by atoms with Crippen molar-refractivity contribution in [2.24, 2.45) is 11.8 Å². The van der Waals surface area contributed by atoms with Crippen molar-refractivity contribution in [1.29, 1.82) is 0 Å². The Labute approximate surface area is 191 Å². The predicted molar refractivity (Wildman–Crippen MR) is 140 cm³/mol. The average Bonchev–Trinajstić information content (AvgIpc) is 2.74. The van der Waals surface area contributed by atoms with Gasteiger partial charge in [-0.05, 0) is 88.9 Å². The number of rotatable bonds is 21. The van der Waals surface area contributed by atoms with Crippen LogP contribution in [0.5, 0.6) is 0 Å². The molecule has 0 radical (unpaired) electrons. The molecule has 30 heavy (non-hydrogen) atoms. The van der Waals surface area contributed by atoms with Crippen molar-refractivity contribution in [2.45, 2.75) is 130 Å². The van der Waals surface area contributed by atoms with Crippen LogP contribution in [0, 0.1) is 11.8 Å². The molecule has 0 bridgehead atoms. The molecule has 0 saturated carbocycles. The van der Waals surface area contributed by atoms with Crippen LogP contribution < -0.4 is 0 Å². The third-order valence-electron chi connectivity index (χ3n) is 5.97. The highest BCUT2D eigenvalue weighted by molar-refractivity contribution is 4.90. The molecule has 0 aromatic heterocycles. The fourth-order valence-corrected chi connectivity index (χ4v) is 3.78. The van der Waals surface area contributed by atoms with Gasteiger partial charge in [0.25, 0.3) is 0 Å². The Kier molecular flexibility index (Phi) is 23.4. The van der Waals surface area contributed by atoms with E-state index in [0.717, 1.165) is 11.8 Å². The summed E-state index contributed by atoms with van der Waals surface area (Å²) in [4.78, 5) is 0. The molecule has 0 rings (SSSR count). The summed E-state index contributed by atoms with van der Waals surface area (Å²) in [5, 5.41) is 0. The maximum absolute atomic E-state index is 2.42. The van der Waals surface area contributed by atoms with Crippen molar-refractivity contribution in [1.82, 2.24) is 0 Å². The molecular weight excluding hydrogens is 360 g/mol. The monoisotopic (exact) mass is 414 g/mol. The first-order valence-corrected chi connectivity index (χ1v) is 13.3. The molecule has 0 aliphatic rings. The molecule has 0 atom stereocenters. The maximum atomic E-state index is 2.42. The highest BCUT2D eigenvalue weighted by Gasteiger charge is 2.11. The Hall–Kier alpha value is -1.04. The molecular formula is C30H54. The van der Waals surface area contributed by atoms with E-state index in [0.29, 0.717) is 0 Å². The minimum absolute atomic E-state index is 0.795. The predicted octanol–water partition coefficient (Wildman–Crippen LogP) is 10.8. The second-order valence-electron chi connectivity index (χ2n) is 9.19. The van der Waals surface area contributed by atoms with Crippen molar-refractivity contribution in [3.8, 4) is 0 Å². The van der Waals surface area contributed by atoms with Crippen LogP contribution in [0.15, 0.2) is 48.6 Å². The topological polar surface area (TPSA) is 0 Å². The smallest absolute Gasteiger partial charge is 0.0316 e. The lowest BCUT2D eigenvalue weighted by atomic mass is 9.87. The molecule has 0 aliphatic carbocycles. The summed E-state index contributed by atoms with van der Waals surface area (Å²) in [5.74, 6) is 1.65. The van der Waals surface area contributed by atoms with Gasteiger partial charge in [0.1, 0.15) is 0 Å². The third-order valence-corrected chi connectivity index (χ3v) is 5.97. The number of unbranched alkanes of at least 4 members (excludes halogenated alkanes) is 8. The van der Waals surface area contributed by atoms with Crippen LogP contribution in [0.2, 0.25) is 0 Å². The number of hydrogen-bond acceptors (Lipinski definition) is 0. The SMILES string of the molecule is CCCCC/C=C/CC/C=C/CCC(CC/C=C/CC/C=C/CCCCC)C(C)C. The van der Waals surface area contributed by atoms with Gasteiger partial charge in [-0.25, -0.2) is 0 Å². The van der Waals surface area contributed by atoms with Crippen molar-refractivity contribution in [2.75, 3.05) is 0 Å². The van der Waals surface area contributed by atoms with Gasteiger partial charge in [-0.2, -0.15) is 0 Å². The van der Waals surface area contributed by atoms with Crippen LogP contribution in [0.25, 0.3) is 0 Å². The zero-order valence-electron chi connectivity index (χ0n) is 21.1. The van der Waals surface area contributed by atoms with E-state index in [2.05, 4.69) is 76.3 Å². The lowest BCUT2D eigenvalue weighted by Crippen LogP contribution is -2.08. The molecule has 0 aromatic rings. The normalized spacial score (nSPS) is 12.9. The summed E-state index contributed by atoms with van der Waals surface area (Å²) >= 11 is 0. The molecule has 0 heterocycles. The van der Waals surface area contributed by atoms with E-state index in [4.69, 9.17) is 0 Å². The molecule has 0 heteroatoms. The molecule has 0 unspecified atom stereocenters. The van der Waals surface area contributed by atoms with E-state index in [1.165, 1.54) is 103 Å². The largest absolute Gasteiger partial charge is 0.0885 e. The first-order valence-electron chi connectivity index (χ1n) is 13.3. The Morgan fingerprint density at radius 1 is 0.433 bits per heavy atom. The second kappa shape index (κ2) is 24.2. The Balaban J connectivity index is 3.75. The molecule has 0 N–H and O–H groups in total. The van der Waals surface area contributed by atoms with Gasteiger partial charge in [0.15, 0.2) is 0 Å². The van der Waals surface area contributed by atoms with E-state index in [-0.39, 0.29) is 0 Å². The van der Waals surface area contributed by atoms with Gasteiger partial charge in [-0.15, -0.1) is 0 Å². The first kappa shape index (κ1) is 29.0. The van der Waals surface area contributed by atoms with E-state index in [1.54, 1.807) is 0 Å². The van der Waals surface area contributed by atoms with Crippen molar-refractivity contribution < 1.29 is 0 Å². The van der Waals surface area contributed by atoms with Gasteiger partial charge in [0.2, 0.25) is 0 Å². The highest BCUT2D eigenvalue weighted by Crippen LogP contribution is 2.23. The quantitative estimate of drug-likeness (QED) is 0.129. The van der Waals surface area contributed by atoms with Gasteiger partial charge < -0.3 is 0 Å². The summed E-state index contributed by atoms with van der Waals surface area (Å²) in [5.41, 5.74) is 0. The minimum atomic E-state index is 0.795. The Bertz CT molecular complexity index is 397. The summed E-state index contributed by atoms with van der Waals surface area (Å²) in [6, 6.07) is 0. The van der Waals surface area contributed by atoms with Crippen LogP contribution in [0.1, 0.15) is 130 Å². The van der Waals surface area contributed by atoms with Gasteiger partial charge in [0, 0.05) is 0 Å². The summed E-state index contributed by atoms with van der Waals surface area (Å²) in [7, 11) is 0. The molecule has 0 amide bonds. The third kappa shape index (κ3) is 21.7. The lowest BCUT2D eigenvalue weighted by Gasteiger charge is -2.19. The summed E-state index contributed by atoms with van der Waals surface area (Å²) < 4.78 is 0. The number of hydrogen-bond donors (Lipinski definition) is 0. The molecule has 0 aliphatic heterocycles. The van der Waals surface area contributed by atoms with Crippen LogP contribution >= 0.6 is 0 Å². The standard InChI is InChI=1S/C30H54/c1-5-7-9-11-13-15-17-19-21-23-25-27-30(29(3)4)28-26-24-22-20-18-16-14-12-10-8-6-2/h13-16,21-24,29-30H,5-12,17-20,25-28H2,1-4H3/b15-13+,16-14+,23-21+,24-22+. The summed E-state index contributed by atoms with van der Waals surface area (Å²) in [6.45, 7) is 9.32. The zero-order valence-corrected chi connectivity index (χ0v) is 21.1. The number of allylic oxidation sites excluding steroid dienone is 8. The van der Waals surface area contributed by atoms with Gasteiger partial charge in [0.05, 0.1) is 0 Å². The van der Waals surface area contributed by atoms with Gasteiger partial charge in [-0.1, -0.05) is 102 Å². The average molecular weight is 415 g/mol. The van der Waals surface area contributed by atoms with Crippen LogP contribution in [0.3, 0.4) is 0 Å². The van der Waals surface area contributed by atoms with Crippen molar-refractivity contribution >= 4 is 0 Å². The fourth-order valence-electron chi connectivity index (χ4n) is 3.78. The van der Waals surface area contributed by atoms with E-state index in [1.807, 2.05) is 0 Å². The van der Waals surface area contributed by atoms with Crippen molar-refractivity contribution in [3.05, 3.63) is 48.6 Å². The zero-order chi connectivity index (χ0) is 22.1. The maximum Gasteiger partial charge on any atom is -0.0316 e. The first-order chi connectivity index (χ1) is 14.7. The summed E-state index contributed by atoms with van der Waals surface area (Å²) in [6.07, 6.45) is 39.7. The second-order valence-corrected chi connectivity index (χ2v) is 9.19. The van der Waals surface area contributed by atoms with Crippen LogP contribution in [-0.4, -0.2) is 0 Å². The van der Waals surface area contributed by atoms with Gasteiger partial charge in [-0.3, -0.25) is 0 Å². The van der Waals surface area contributed by atoms with Gasteiger partial charge >= 0.3 is 0 Å². The molecule has 0 nitrogen and oxygen atoms in total. The Morgan fingerprint density at radius 3 is 1.10 bits per heavy atom. The minimum Gasteiger partial charge on any atom is -0.0885 e.